The highest BCUT2D eigenvalue weighted by atomic mass is 16.5. The Morgan fingerprint density at radius 2 is 2.32 bits per heavy atom. The van der Waals surface area contributed by atoms with E-state index in [1.807, 2.05) is 13.8 Å². The molecule has 2 aromatic heterocycles. The van der Waals surface area contributed by atoms with E-state index < -0.39 is 0 Å². The van der Waals surface area contributed by atoms with Gasteiger partial charge in [-0.2, -0.15) is 4.68 Å². The van der Waals surface area contributed by atoms with Crippen LogP contribution in [0.25, 0.3) is 5.88 Å². The van der Waals surface area contributed by atoms with Gasteiger partial charge in [-0.05, 0) is 24.3 Å². The number of hydrogen-bond acceptors (Lipinski definition) is 7. The van der Waals surface area contributed by atoms with Crippen LogP contribution in [-0.4, -0.2) is 38.5 Å². The third-order valence-corrected chi connectivity index (χ3v) is 2.66. The molecule has 0 fully saturated rings. The predicted octanol–water partition coefficient (Wildman–Crippen LogP) is 0.517. The summed E-state index contributed by atoms with van der Waals surface area (Å²) in [5.74, 6) is 1.19. The van der Waals surface area contributed by atoms with Crippen molar-refractivity contribution in [2.75, 3.05) is 13.2 Å². The van der Waals surface area contributed by atoms with Gasteiger partial charge in [-0.25, -0.2) is 0 Å². The summed E-state index contributed by atoms with van der Waals surface area (Å²) in [7, 11) is 0. The standard InChI is InChI=1S/C11H16N6O2/c1-4-18-6-5-12-7-10-13-15-16-17(10)11-8(2)9(3)14-19-11/h4,12H,1,5-7H2,2-3H3. The van der Waals surface area contributed by atoms with E-state index in [1.165, 1.54) is 10.9 Å². The summed E-state index contributed by atoms with van der Waals surface area (Å²) >= 11 is 0. The van der Waals surface area contributed by atoms with Crippen molar-refractivity contribution < 1.29 is 9.26 Å². The van der Waals surface area contributed by atoms with Crippen LogP contribution in [0.1, 0.15) is 17.1 Å². The lowest BCUT2D eigenvalue weighted by Gasteiger charge is -2.04. The zero-order chi connectivity index (χ0) is 13.7. The molecular weight excluding hydrogens is 248 g/mol. The number of nitrogens with one attached hydrogen (secondary N) is 1. The minimum absolute atomic E-state index is 0.507. The number of aromatic nitrogens is 5. The van der Waals surface area contributed by atoms with Gasteiger partial charge in [0.2, 0.25) is 0 Å². The van der Waals surface area contributed by atoms with Crippen LogP contribution < -0.4 is 5.32 Å². The molecule has 2 aromatic rings. The van der Waals surface area contributed by atoms with Gasteiger partial charge in [0.05, 0.1) is 25.1 Å². The van der Waals surface area contributed by atoms with E-state index in [0.717, 1.165) is 11.3 Å². The Bertz CT molecular complexity index is 547. The highest BCUT2D eigenvalue weighted by Gasteiger charge is 2.16. The zero-order valence-corrected chi connectivity index (χ0v) is 11.0. The molecule has 0 radical (unpaired) electrons. The Balaban J connectivity index is 2.02. The van der Waals surface area contributed by atoms with Crippen LogP contribution in [0.4, 0.5) is 0 Å². The summed E-state index contributed by atoms with van der Waals surface area (Å²) in [5, 5.41) is 18.6. The van der Waals surface area contributed by atoms with E-state index in [4.69, 9.17) is 9.26 Å². The molecule has 8 heteroatoms. The smallest absolute Gasteiger partial charge is 0.257 e. The molecule has 0 unspecified atom stereocenters. The predicted molar refractivity (Wildman–Crippen MR) is 66.5 cm³/mol. The molecule has 0 bridgehead atoms. The molecule has 0 aromatic carbocycles. The Hall–Kier alpha value is -2.22. The van der Waals surface area contributed by atoms with Gasteiger partial charge >= 0.3 is 0 Å². The average molecular weight is 264 g/mol. The molecule has 0 aliphatic rings. The number of nitrogens with zero attached hydrogens (tertiary/aromatic N) is 5. The van der Waals surface area contributed by atoms with Crippen LogP contribution in [0, 0.1) is 13.8 Å². The molecule has 2 rings (SSSR count). The summed E-state index contributed by atoms with van der Waals surface area (Å²) in [4.78, 5) is 0. The lowest BCUT2D eigenvalue weighted by atomic mass is 10.3. The number of ether oxygens (including phenoxy) is 1. The SMILES string of the molecule is C=COCCNCc1nnnn1-c1onc(C)c1C. The molecule has 2 heterocycles. The summed E-state index contributed by atoms with van der Waals surface area (Å²) in [6, 6.07) is 0. The minimum Gasteiger partial charge on any atom is -0.500 e. The third kappa shape index (κ3) is 2.97. The molecule has 0 aliphatic heterocycles. The lowest BCUT2D eigenvalue weighted by Crippen LogP contribution is -2.21. The first-order valence-corrected chi connectivity index (χ1v) is 5.87. The van der Waals surface area contributed by atoms with E-state index in [9.17, 15) is 0 Å². The Kier molecular flexibility index (Phi) is 4.24. The van der Waals surface area contributed by atoms with Crippen molar-refractivity contribution in [1.29, 1.82) is 0 Å². The van der Waals surface area contributed by atoms with Gasteiger partial charge in [-0.3, -0.25) is 0 Å². The molecule has 19 heavy (non-hydrogen) atoms. The Labute approximate surface area is 110 Å². The van der Waals surface area contributed by atoms with Gasteiger partial charge in [0.1, 0.15) is 0 Å². The van der Waals surface area contributed by atoms with Crippen LogP contribution in [0.15, 0.2) is 17.4 Å². The number of rotatable bonds is 7. The molecule has 8 nitrogen and oxygen atoms in total. The second kappa shape index (κ2) is 6.10. The Morgan fingerprint density at radius 1 is 1.47 bits per heavy atom. The summed E-state index contributed by atoms with van der Waals surface area (Å²) in [5.41, 5.74) is 1.74. The van der Waals surface area contributed by atoms with Crippen molar-refractivity contribution in [2.24, 2.45) is 0 Å². The summed E-state index contributed by atoms with van der Waals surface area (Å²) in [6.45, 7) is 8.98. The molecule has 102 valence electrons. The minimum atomic E-state index is 0.507. The number of hydrogen-bond donors (Lipinski definition) is 1. The van der Waals surface area contributed by atoms with E-state index in [0.29, 0.717) is 31.4 Å². The molecular formula is C11H16N6O2. The summed E-state index contributed by atoms with van der Waals surface area (Å²) < 4.78 is 11.8. The van der Waals surface area contributed by atoms with Gasteiger partial charge in [0.15, 0.2) is 5.82 Å². The van der Waals surface area contributed by atoms with Crippen molar-refractivity contribution in [1.82, 2.24) is 30.7 Å². The van der Waals surface area contributed by atoms with E-state index in [1.54, 1.807) is 0 Å². The molecule has 0 spiro atoms. The fourth-order valence-electron chi connectivity index (χ4n) is 1.49. The summed E-state index contributed by atoms with van der Waals surface area (Å²) in [6.07, 6.45) is 1.41. The largest absolute Gasteiger partial charge is 0.500 e. The maximum atomic E-state index is 5.23. The fraction of sp³-hybridized carbons (Fsp3) is 0.455. The van der Waals surface area contributed by atoms with Gasteiger partial charge in [-0.1, -0.05) is 11.7 Å². The topological polar surface area (TPSA) is 90.9 Å². The van der Waals surface area contributed by atoms with E-state index >= 15 is 0 Å². The van der Waals surface area contributed by atoms with Crippen LogP contribution in [-0.2, 0) is 11.3 Å². The van der Waals surface area contributed by atoms with Gasteiger partial charge in [-0.15, -0.1) is 5.10 Å². The number of tetrazole rings is 1. The molecule has 0 saturated carbocycles. The average Bonchev–Trinajstić information content (AvgIpc) is 2.98. The van der Waals surface area contributed by atoms with Crippen molar-refractivity contribution in [2.45, 2.75) is 20.4 Å². The first-order valence-electron chi connectivity index (χ1n) is 5.87. The third-order valence-electron chi connectivity index (χ3n) is 2.66. The second-order valence-corrected chi connectivity index (χ2v) is 3.92. The molecule has 0 atom stereocenters. The van der Waals surface area contributed by atoms with Crippen LogP contribution >= 0.6 is 0 Å². The van der Waals surface area contributed by atoms with Crippen molar-refractivity contribution in [3.8, 4) is 5.88 Å². The second-order valence-electron chi connectivity index (χ2n) is 3.92. The zero-order valence-electron chi connectivity index (χ0n) is 11.0. The van der Waals surface area contributed by atoms with Crippen LogP contribution in [0.5, 0.6) is 0 Å². The Morgan fingerprint density at radius 3 is 3.00 bits per heavy atom. The highest BCUT2D eigenvalue weighted by Crippen LogP contribution is 2.16. The maximum Gasteiger partial charge on any atom is 0.257 e. The molecule has 0 aliphatic carbocycles. The lowest BCUT2D eigenvalue weighted by molar-refractivity contribution is 0.249. The van der Waals surface area contributed by atoms with E-state index in [-0.39, 0.29) is 0 Å². The van der Waals surface area contributed by atoms with Gasteiger partial charge in [0, 0.05) is 12.1 Å². The van der Waals surface area contributed by atoms with Crippen molar-refractivity contribution >= 4 is 0 Å². The maximum absolute atomic E-state index is 5.23. The van der Waals surface area contributed by atoms with Crippen molar-refractivity contribution in [3.05, 3.63) is 29.9 Å². The van der Waals surface area contributed by atoms with Gasteiger partial charge < -0.3 is 14.6 Å². The molecule has 1 N–H and O–H groups in total. The number of aryl methyl sites for hydroxylation is 1. The monoisotopic (exact) mass is 264 g/mol. The fourth-order valence-corrected chi connectivity index (χ4v) is 1.49. The van der Waals surface area contributed by atoms with Crippen LogP contribution in [0.3, 0.4) is 0 Å². The van der Waals surface area contributed by atoms with Crippen LogP contribution in [0.2, 0.25) is 0 Å². The highest BCUT2D eigenvalue weighted by molar-refractivity contribution is 5.31. The normalized spacial score (nSPS) is 10.6. The first-order chi connectivity index (χ1) is 9.24. The molecule has 0 saturated heterocycles. The van der Waals surface area contributed by atoms with Crippen molar-refractivity contribution in [3.63, 3.8) is 0 Å². The first kappa shape index (κ1) is 13.2. The van der Waals surface area contributed by atoms with Gasteiger partial charge in [0.25, 0.3) is 5.88 Å². The van der Waals surface area contributed by atoms with E-state index in [2.05, 4.69) is 32.6 Å². The molecule has 0 amide bonds. The quantitative estimate of drug-likeness (QED) is 0.575.